The molecule has 0 aromatic carbocycles. The van der Waals surface area contributed by atoms with Gasteiger partial charge in [0.2, 0.25) is 0 Å². The fourth-order valence-electron chi connectivity index (χ4n) is 2.01. The van der Waals surface area contributed by atoms with Gasteiger partial charge in [0.05, 0.1) is 13.2 Å². The van der Waals surface area contributed by atoms with Crippen LogP contribution in [0.4, 0.5) is 0 Å². The summed E-state index contributed by atoms with van der Waals surface area (Å²) < 4.78 is 5.53. The maximum absolute atomic E-state index is 5.53. The molecule has 0 radical (unpaired) electrons. The van der Waals surface area contributed by atoms with Gasteiger partial charge in [0, 0.05) is 18.1 Å². The fraction of sp³-hybridized carbons (Fsp3) is 1.00. The Morgan fingerprint density at radius 2 is 1.92 bits per heavy atom. The molecule has 0 saturated carbocycles. The third-order valence-corrected chi connectivity index (χ3v) is 2.80. The van der Waals surface area contributed by atoms with Gasteiger partial charge in [-0.25, -0.2) is 0 Å². The molecule has 13 heavy (non-hydrogen) atoms. The first-order chi connectivity index (χ1) is 5.93. The van der Waals surface area contributed by atoms with Gasteiger partial charge in [0.25, 0.3) is 0 Å². The molecule has 1 aliphatic rings. The van der Waals surface area contributed by atoms with Crippen LogP contribution in [0.2, 0.25) is 0 Å². The molecule has 0 aromatic heterocycles. The van der Waals surface area contributed by atoms with E-state index < -0.39 is 0 Å². The lowest BCUT2D eigenvalue weighted by Crippen LogP contribution is -2.56. The predicted molar refractivity (Wildman–Crippen MR) is 55.9 cm³/mol. The van der Waals surface area contributed by atoms with Crippen LogP contribution in [0.25, 0.3) is 0 Å². The maximum Gasteiger partial charge on any atom is 0.0625 e. The molecule has 0 bridgehead atoms. The normalized spacial score (nSPS) is 26.8. The van der Waals surface area contributed by atoms with Crippen molar-refractivity contribution in [3.05, 3.63) is 0 Å². The van der Waals surface area contributed by atoms with E-state index in [1.165, 1.54) is 0 Å². The van der Waals surface area contributed by atoms with E-state index >= 15 is 0 Å². The number of nitrogens with zero attached hydrogens (tertiary/aromatic N) is 1. The highest BCUT2D eigenvalue weighted by atomic mass is 16.5. The molecule has 0 amide bonds. The molecule has 1 fully saturated rings. The topological polar surface area (TPSA) is 12.5 Å². The van der Waals surface area contributed by atoms with Crippen molar-refractivity contribution < 1.29 is 4.74 Å². The summed E-state index contributed by atoms with van der Waals surface area (Å²) in [5.41, 5.74) is 0.277. The molecule has 0 N–H and O–H groups in total. The Morgan fingerprint density at radius 3 is 2.31 bits per heavy atom. The van der Waals surface area contributed by atoms with Gasteiger partial charge in [-0.15, -0.1) is 0 Å². The molecule has 1 aliphatic heterocycles. The van der Waals surface area contributed by atoms with Crippen LogP contribution in [0.1, 0.15) is 34.6 Å². The van der Waals surface area contributed by atoms with E-state index in [1.54, 1.807) is 0 Å². The van der Waals surface area contributed by atoms with Crippen molar-refractivity contribution in [2.45, 2.75) is 46.2 Å². The van der Waals surface area contributed by atoms with Crippen molar-refractivity contribution in [3.63, 3.8) is 0 Å². The number of hydrogen-bond donors (Lipinski definition) is 0. The minimum Gasteiger partial charge on any atom is -0.378 e. The van der Waals surface area contributed by atoms with Gasteiger partial charge >= 0.3 is 0 Å². The van der Waals surface area contributed by atoms with Crippen LogP contribution in [0.5, 0.6) is 0 Å². The number of rotatable bonds is 1. The highest BCUT2D eigenvalue weighted by Gasteiger charge is 2.32. The van der Waals surface area contributed by atoms with Gasteiger partial charge in [-0.05, 0) is 26.7 Å². The van der Waals surface area contributed by atoms with Gasteiger partial charge in [0.15, 0.2) is 0 Å². The third-order valence-electron chi connectivity index (χ3n) is 2.80. The Bertz CT molecular complexity index is 160. The standard InChI is InChI=1S/C11H23NO/c1-9(2)10-8-13-7-6-12(10)11(3,4)5/h9-10H,6-8H2,1-5H3. The van der Waals surface area contributed by atoms with Crippen LogP contribution in [0, 0.1) is 5.92 Å². The first-order valence-electron chi connectivity index (χ1n) is 5.27. The number of ether oxygens (including phenoxy) is 1. The van der Waals surface area contributed by atoms with E-state index in [9.17, 15) is 0 Å². The molecule has 1 unspecified atom stereocenters. The van der Waals surface area contributed by atoms with E-state index in [2.05, 4.69) is 39.5 Å². The zero-order valence-electron chi connectivity index (χ0n) is 9.63. The van der Waals surface area contributed by atoms with Crippen LogP contribution < -0.4 is 0 Å². The van der Waals surface area contributed by atoms with Crippen LogP contribution in [0.3, 0.4) is 0 Å². The SMILES string of the molecule is CC(C)C1COCCN1C(C)(C)C. The van der Waals surface area contributed by atoms with E-state index in [-0.39, 0.29) is 5.54 Å². The largest absolute Gasteiger partial charge is 0.378 e. The van der Waals surface area contributed by atoms with Crippen LogP contribution in [-0.4, -0.2) is 36.2 Å². The zero-order valence-corrected chi connectivity index (χ0v) is 9.63. The van der Waals surface area contributed by atoms with Crippen LogP contribution in [0.15, 0.2) is 0 Å². The lowest BCUT2D eigenvalue weighted by Gasteiger charge is -2.46. The van der Waals surface area contributed by atoms with Crippen molar-refractivity contribution in [2.24, 2.45) is 5.92 Å². The van der Waals surface area contributed by atoms with Gasteiger partial charge in [0.1, 0.15) is 0 Å². The Kier molecular flexibility index (Phi) is 3.36. The Balaban J connectivity index is 2.67. The summed E-state index contributed by atoms with van der Waals surface area (Å²) in [4.78, 5) is 2.57. The van der Waals surface area contributed by atoms with Gasteiger partial charge in [-0.2, -0.15) is 0 Å². The highest BCUT2D eigenvalue weighted by molar-refractivity contribution is 4.86. The summed E-state index contributed by atoms with van der Waals surface area (Å²) in [7, 11) is 0. The summed E-state index contributed by atoms with van der Waals surface area (Å²) >= 11 is 0. The predicted octanol–water partition coefficient (Wildman–Crippen LogP) is 2.14. The third kappa shape index (κ3) is 2.68. The zero-order chi connectivity index (χ0) is 10.1. The molecule has 2 nitrogen and oxygen atoms in total. The summed E-state index contributed by atoms with van der Waals surface area (Å²) in [6.45, 7) is 14.3. The Hall–Kier alpha value is -0.0800. The number of morpholine rings is 1. The Morgan fingerprint density at radius 1 is 1.31 bits per heavy atom. The van der Waals surface area contributed by atoms with Crippen molar-refractivity contribution in [2.75, 3.05) is 19.8 Å². The molecule has 0 aromatic rings. The second-order valence-electron chi connectivity index (χ2n) is 5.25. The molecule has 0 spiro atoms. The summed E-state index contributed by atoms with van der Waals surface area (Å²) in [6, 6.07) is 0.591. The summed E-state index contributed by atoms with van der Waals surface area (Å²) in [6.07, 6.45) is 0. The monoisotopic (exact) mass is 185 g/mol. The molecule has 1 saturated heterocycles. The molecular weight excluding hydrogens is 162 g/mol. The van der Waals surface area contributed by atoms with E-state index in [0.717, 1.165) is 19.8 Å². The van der Waals surface area contributed by atoms with Crippen LogP contribution >= 0.6 is 0 Å². The highest BCUT2D eigenvalue weighted by Crippen LogP contribution is 2.24. The Labute approximate surface area is 82.3 Å². The molecular formula is C11H23NO. The summed E-state index contributed by atoms with van der Waals surface area (Å²) in [5.74, 6) is 0.680. The minimum absolute atomic E-state index is 0.277. The lowest BCUT2D eigenvalue weighted by molar-refractivity contribution is -0.0645. The molecule has 2 heteroatoms. The molecule has 1 heterocycles. The summed E-state index contributed by atoms with van der Waals surface area (Å²) in [5, 5.41) is 0. The van der Waals surface area contributed by atoms with Crippen LogP contribution in [-0.2, 0) is 4.74 Å². The molecule has 0 aliphatic carbocycles. The van der Waals surface area contributed by atoms with E-state index in [0.29, 0.717) is 12.0 Å². The fourth-order valence-corrected chi connectivity index (χ4v) is 2.01. The number of hydrogen-bond acceptors (Lipinski definition) is 2. The lowest BCUT2D eigenvalue weighted by atomic mass is 9.95. The second-order valence-corrected chi connectivity index (χ2v) is 5.25. The second kappa shape index (κ2) is 3.97. The minimum atomic E-state index is 0.277. The first kappa shape index (κ1) is 11.0. The average molecular weight is 185 g/mol. The maximum atomic E-state index is 5.53. The van der Waals surface area contributed by atoms with E-state index in [1.807, 2.05) is 0 Å². The van der Waals surface area contributed by atoms with Crippen molar-refractivity contribution in [1.29, 1.82) is 0 Å². The smallest absolute Gasteiger partial charge is 0.0625 e. The molecule has 1 atom stereocenters. The molecule has 1 rings (SSSR count). The molecule has 78 valence electrons. The van der Waals surface area contributed by atoms with Crippen molar-refractivity contribution in [3.8, 4) is 0 Å². The quantitative estimate of drug-likeness (QED) is 0.620. The van der Waals surface area contributed by atoms with Crippen molar-refractivity contribution >= 4 is 0 Å². The van der Waals surface area contributed by atoms with Gasteiger partial charge < -0.3 is 4.74 Å². The van der Waals surface area contributed by atoms with Crippen molar-refractivity contribution in [1.82, 2.24) is 4.90 Å². The van der Waals surface area contributed by atoms with Gasteiger partial charge in [-0.1, -0.05) is 13.8 Å². The van der Waals surface area contributed by atoms with E-state index in [4.69, 9.17) is 4.74 Å². The first-order valence-corrected chi connectivity index (χ1v) is 5.27. The van der Waals surface area contributed by atoms with Gasteiger partial charge in [-0.3, -0.25) is 4.90 Å². The average Bonchev–Trinajstić information content (AvgIpc) is 2.03.